The SMILES string of the molecule is Cc1ncc(CN2CCN(CCn3nc(-c4ccncc4)ccc3=O)CC2)cn1. The highest BCUT2D eigenvalue weighted by atomic mass is 16.1. The second kappa shape index (κ2) is 9.02. The molecule has 0 aromatic carbocycles. The van der Waals surface area contributed by atoms with Crippen LogP contribution in [0.5, 0.6) is 0 Å². The summed E-state index contributed by atoms with van der Waals surface area (Å²) in [7, 11) is 0. The first-order chi connectivity index (χ1) is 14.2. The van der Waals surface area contributed by atoms with Gasteiger partial charge in [0.1, 0.15) is 5.82 Å². The van der Waals surface area contributed by atoms with Crippen molar-refractivity contribution in [1.29, 1.82) is 0 Å². The number of nitrogens with zero attached hydrogens (tertiary/aromatic N) is 7. The van der Waals surface area contributed by atoms with Gasteiger partial charge in [0.05, 0.1) is 12.2 Å². The lowest BCUT2D eigenvalue weighted by Gasteiger charge is -2.34. The molecule has 1 saturated heterocycles. The van der Waals surface area contributed by atoms with Crippen LogP contribution in [-0.2, 0) is 13.1 Å². The highest BCUT2D eigenvalue weighted by Gasteiger charge is 2.17. The lowest BCUT2D eigenvalue weighted by atomic mass is 10.2. The first-order valence-corrected chi connectivity index (χ1v) is 9.88. The van der Waals surface area contributed by atoms with Gasteiger partial charge >= 0.3 is 0 Å². The molecule has 3 aromatic heterocycles. The van der Waals surface area contributed by atoms with Crippen molar-refractivity contribution in [2.24, 2.45) is 0 Å². The van der Waals surface area contributed by atoms with Crippen molar-refractivity contribution >= 4 is 0 Å². The molecule has 1 fully saturated rings. The van der Waals surface area contributed by atoms with Crippen molar-refractivity contribution in [3.05, 3.63) is 70.8 Å². The van der Waals surface area contributed by atoms with Crippen LogP contribution in [0, 0.1) is 6.92 Å². The second-order valence-electron chi connectivity index (χ2n) is 7.27. The fourth-order valence-electron chi connectivity index (χ4n) is 3.45. The Kier molecular flexibility index (Phi) is 6.02. The molecule has 8 nitrogen and oxygen atoms in total. The number of hydrogen-bond donors (Lipinski definition) is 0. The number of hydrogen-bond acceptors (Lipinski definition) is 7. The molecule has 0 atom stereocenters. The van der Waals surface area contributed by atoms with E-state index in [2.05, 4.69) is 29.9 Å². The Hall–Kier alpha value is -2.97. The molecule has 0 aliphatic carbocycles. The summed E-state index contributed by atoms with van der Waals surface area (Å²) in [4.78, 5) is 29.6. The minimum absolute atomic E-state index is 0.0687. The molecule has 1 aliphatic rings. The average molecular weight is 391 g/mol. The Morgan fingerprint density at radius 3 is 2.31 bits per heavy atom. The Morgan fingerprint density at radius 2 is 1.59 bits per heavy atom. The van der Waals surface area contributed by atoms with Gasteiger partial charge in [-0.05, 0) is 25.1 Å². The predicted molar refractivity (Wildman–Crippen MR) is 110 cm³/mol. The van der Waals surface area contributed by atoms with Gasteiger partial charge in [-0.25, -0.2) is 14.6 Å². The molecule has 0 radical (unpaired) electrons. The van der Waals surface area contributed by atoms with Crippen molar-refractivity contribution in [1.82, 2.24) is 34.5 Å². The van der Waals surface area contributed by atoms with E-state index in [0.29, 0.717) is 6.54 Å². The number of rotatable bonds is 6. The third kappa shape index (κ3) is 5.10. The summed E-state index contributed by atoms with van der Waals surface area (Å²) in [6.07, 6.45) is 7.27. The number of aromatic nitrogens is 5. The molecule has 0 spiro atoms. The van der Waals surface area contributed by atoms with Crippen molar-refractivity contribution < 1.29 is 0 Å². The zero-order valence-electron chi connectivity index (χ0n) is 16.6. The maximum absolute atomic E-state index is 12.2. The van der Waals surface area contributed by atoms with E-state index in [1.54, 1.807) is 29.2 Å². The average Bonchev–Trinajstić information content (AvgIpc) is 2.76. The van der Waals surface area contributed by atoms with Crippen LogP contribution in [0.1, 0.15) is 11.4 Å². The predicted octanol–water partition coefficient (Wildman–Crippen LogP) is 1.22. The van der Waals surface area contributed by atoms with Crippen molar-refractivity contribution in [3.8, 4) is 11.3 Å². The molecular formula is C21H25N7O. The second-order valence-corrected chi connectivity index (χ2v) is 7.27. The van der Waals surface area contributed by atoms with Gasteiger partial charge in [0.25, 0.3) is 5.56 Å². The first kappa shape index (κ1) is 19.4. The minimum Gasteiger partial charge on any atom is -0.299 e. The van der Waals surface area contributed by atoms with Crippen LogP contribution >= 0.6 is 0 Å². The zero-order chi connectivity index (χ0) is 20.1. The third-order valence-electron chi connectivity index (χ3n) is 5.18. The molecule has 0 amide bonds. The fourth-order valence-corrected chi connectivity index (χ4v) is 3.45. The third-order valence-corrected chi connectivity index (χ3v) is 5.18. The molecule has 0 saturated carbocycles. The monoisotopic (exact) mass is 391 g/mol. The quantitative estimate of drug-likeness (QED) is 0.625. The topological polar surface area (TPSA) is 80.0 Å². The summed E-state index contributed by atoms with van der Waals surface area (Å²) in [5.74, 6) is 0.801. The molecule has 0 unspecified atom stereocenters. The Morgan fingerprint density at radius 1 is 0.897 bits per heavy atom. The summed E-state index contributed by atoms with van der Waals surface area (Å²) in [6.45, 7) is 8.12. The van der Waals surface area contributed by atoms with E-state index in [0.717, 1.165) is 61.9 Å². The van der Waals surface area contributed by atoms with Crippen LogP contribution in [0.2, 0.25) is 0 Å². The van der Waals surface area contributed by atoms with E-state index >= 15 is 0 Å². The van der Waals surface area contributed by atoms with E-state index in [1.807, 2.05) is 31.5 Å². The molecule has 150 valence electrons. The zero-order valence-corrected chi connectivity index (χ0v) is 16.6. The van der Waals surface area contributed by atoms with Gasteiger partial charge < -0.3 is 0 Å². The van der Waals surface area contributed by atoms with Crippen molar-refractivity contribution in [2.45, 2.75) is 20.0 Å². The van der Waals surface area contributed by atoms with E-state index < -0.39 is 0 Å². The van der Waals surface area contributed by atoms with Gasteiger partial charge in [0, 0.05) is 81.2 Å². The highest BCUT2D eigenvalue weighted by Crippen LogP contribution is 2.13. The van der Waals surface area contributed by atoms with Crippen LogP contribution in [0.3, 0.4) is 0 Å². The van der Waals surface area contributed by atoms with Gasteiger partial charge in [0.2, 0.25) is 0 Å². The molecule has 8 heteroatoms. The Labute approximate surface area is 169 Å². The van der Waals surface area contributed by atoms with E-state index in [-0.39, 0.29) is 5.56 Å². The maximum atomic E-state index is 12.2. The molecule has 0 bridgehead atoms. The van der Waals surface area contributed by atoms with Gasteiger partial charge in [-0.2, -0.15) is 5.10 Å². The van der Waals surface area contributed by atoms with Crippen LogP contribution in [0.15, 0.2) is 53.8 Å². The van der Waals surface area contributed by atoms with Gasteiger partial charge in [-0.15, -0.1) is 0 Å². The lowest BCUT2D eigenvalue weighted by Crippen LogP contribution is -2.47. The molecule has 1 aliphatic heterocycles. The highest BCUT2D eigenvalue weighted by molar-refractivity contribution is 5.56. The maximum Gasteiger partial charge on any atom is 0.266 e. The van der Waals surface area contributed by atoms with Crippen LogP contribution in [0.25, 0.3) is 11.3 Å². The fraction of sp³-hybridized carbons (Fsp3) is 0.381. The molecule has 29 heavy (non-hydrogen) atoms. The molecular weight excluding hydrogens is 366 g/mol. The van der Waals surface area contributed by atoms with Crippen molar-refractivity contribution in [2.75, 3.05) is 32.7 Å². The number of piperazine rings is 1. The standard InChI is InChI=1S/C21H25N7O/c1-17-23-14-18(15-24-17)16-27-10-8-26(9-11-27)12-13-28-21(29)3-2-20(25-28)19-4-6-22-7-5-19/h2-7,14-15H,8-13,16H2,1H3. The van der Waals surface area contributed by atoms with E-state index in [4.69, 9.17) is 0 Å². The number of aryl methyl sites for hydroxylation is 1. The molecule has 0 N–H and O–H groups in total. The van der Waals surface area contributed by atoms with E-state index in [9.17, 15) is 4.79 Å². The summed E-state index contributed by atoms with van der Waals surface area (Å²) >= 11 is 0. The van der Waals surface area contributed by atoms with Crippen molar-refractivity contribution in [3.63, 3.8) is 0 Å². The molecule has 4 rings (SSSR count). The number of pyridine rings is 1. The van der Waals surface area contributed by atoms with Gasteiger partial charge in [-0.3, -0.25) is 19.6 Å². The smallest absolute Gasteiger partial charge is 0.266 e. The Balaban J connectivity index is 1.30. The normalized spacial score (nSPS) is 15.5. The van der Waals surface area contributed by atoms with Crippen LogP contribution in [-0.4, -0.2) is 67.3 Å². The minimum atomic E-state index is -0.0687. The summed E-state index contributed by atoms with van der Waals surface area (Å²) in [5, 5.41) is 4.53. The molecule has 3 aromatic rings. The van der Waals surface area contributed by atoms with Gasteiger partial charge in [0.15, 0.2) is 0 Å². The summed E-state index contributed by atoms with van der Waals surface area (Å²) < 4.78 is 1.56. The molecule has 4 heterocycles. The Bertz CT molecular complexity index is 980. The van der Waals surface area contributed by atoms with E-state index in [1.165, 1.54) is 0 Å². The van der Waals surface area contributed by atoms with Gasteiger partial charge in [-0.1, -0.05) is 0 Å². The van der Waals surface area contributed by atoms with Crippen LogP contribution in [0.4, 0.5) is 0 Å². The summed E-state index contributed by atoms with van der Waals surface area (Å²) in [5.41, 5.74) is 2.83. The van der Waals surface area contributed by atoms with Crippen LogP contribution < -0.4 is 5.56 Å². The lowest BCUT2D eigenvalue weighted by molar-refractivity contribution is 0.122. The first-order valence-electron chi connectivity index (χ1n) is 9.88. The summed E-state index contributed by atoms with van der Waals surface area (Å²) in [6, 6.07) is 7.15. The largest absolute Gasteiger partial charge is 0.299 e.